The number of fused-ring (bicyclic) bond motifs is 1. The summed E-state index contributed by atoms with van der Waals surface area (Å²) in [6.45, 7) is 2.31. The van der Waals surface area contributed by atoms with E-state index >= 15 is 0 Å². The zero-order chi connectivity index (χ0) is 18.0. The van der Waals surface area contributed by atoms with Crippen LogP contribution < -0.4 is 5.32 Å². The molecule has 4 nitrogen and oxygen atoms in total. The minimum atomic E-state index is -1.12. The van der Waals surface area contributed by atoms with E-state index in [1.54, 1.807) is 10.9 Å². The number of halogens is 3. The molecule has 0 bridgehead atoms. The highest BCUT2D eigenvalue weighted by atomic mass is 19.2. The highest BCUT2D eigenvalue weighted by Crippen LogP contribution is 2.30. The van der Waals surface area contributed by atoms with Crippen molar-refractivity contribution in [3.05, 3.63) is 52.6 Å². The number of aliphatic hydroxyl groups excluding tert-OH is 1. The van der Waals surface area contributed by atoms with Gasteiger partial charge in [-0.3, -0.25) is 4.68 Å². The normalized spacial score (nSPS) is 18.2. The van der Waals surface area contributed by atoms with Gasteiger partial charge in [-0.05, 0) is 44.7 Å². The Morgan fingerprint density at radius 2 is 2.08 bits per heavy atom. The molecule has 0 spiro atoms. The largest absolute Gasteiger partial charge is 0.394 e. The molecule has 0 saturated heterocycles. The van der Waals surface area contributed by atoms with Gasteiger partial charge >= 0.3 is 0 Å². The van der Waals surface area contributed by atoms with Crippen LogP contribution in [-0.2, 0) is 19.4 Å². The van der Waals surface area contributed by atoms with E-state index in [9.17, 15) is 13.2 Å². The summed E-state index contributed by atoms with van der Waals surface area (Å²) in [7, 11) is 0. The molecule has 0 saturated carbocycles. The van der Waals surface area contributed by atoms with Crippen molar-refractivity contribution in [2.24, 2.45) is 0 Å². The Bertz CT molecular complexity index is 747. The summed E-state index contributed by atoms with van der Waals surface area (Å²) >= 11 is 0. The van der Waals surface area contributed by atoms with Gasteiger partial charge < -0.3 is 10.4 Å². The first kappa shape index (κ1) is 17.9. The average Bonchev–Trinajstić information content (AvgIpc) is 3.00. The Kier molecular flexibility index (Phi) is 5.44. The third-order valence-electron chi connectivity index (χ3n) is 4.71. The summed E-state index contributed by atoms with van der Waals surface area (Å²) < 4.78 is 42.8. The summed E-state index contributed by atoms with van der Waals surface area (Å²) in [6, 6.07) is 1.56. The van der Waals surface area contributed by atoms with Crippen LogP contribution in [0.25, 0.3) is 0 Å². The molecule has 1 aromatic heterocycles. The Balaban J connectivity index is 1.73. The van der Waals surface area contributed by atoms with Crippen molar-refractivity contribution in [1.29, 1.82) is 0 Å². The second-order valence-corrected chi connectivity index (χ2v) is 6.53. The Labute approximate surface area is 144 Å². The first-order valence-electron chi connectivity index (χ1n) is 8.55. The quantitative estimate of drug-likeness (QED) is 0.785. The van der Waals surface area contributed by atoms with E-state index in [-0.39, 0.29) is 30.7 Å². The smallest absolute Gasteiger partial charge is 0.164 e. The lowest BCUT2D eigenvalue weighted by Gasteiger charge is -2.27. The molecule has 1 aromatic carbocycles. The first-order valence-corrected chi connectivity index (χ1v) is 8.55. The highest BCUT2D eigenvalue weighted by Gasteiger charge is 2.26. The van der Waals surface area contributed by atoms with Crippen LogP contribution in [0, 0.1) is 17.5 Å². The first-order chi connectivity index (χ1) is 12.0. The summed E-state index contributed by atoms with van der Waals surface area (Å²) in [6.07, 6.45) is 4.62. The maximum absolute atomic E-state index is 13.8. The fourth-order valence-electron chi connectivity index (χ4n) is 3.54. The second kappa shape index (κ2) is 7.58. The molecule has 2 aromatic rings. The molecule has 0 radical (unpaired) electrons. The molecule has 1 aliphatic carbocycles. The minimum absolute atomic E-state index is 0.0285. The van der Waals surface area contributed by atoms with Gasteiger partial charge in [0.1, 0.15) is 5.82 Å². The van der Waals surface area contributed by atoms with E-state index in [4.69, 9.17) is 5.11 Å². The predicted octanol–water partition coefficient (Wildman–Crippen LogP) is 2.89. The van der Waals surface area contributed by atoms with Crippen LogP contribution in [0.4, 0.5) is 13.2 Å². The van der Waals surface area contributed by atoms with Gasteiger partial charge in [0.2, 0.25) is 0 Å². The predicted molar refractivity (Wildman–Crippen MR) is 87.6 cm³/mol. The lowest BCUT2D eigenvalue weighted by molar-refractivity contribution is 0.266. The van der Waals surface area contributed by atoms with Crippen molar-refractivity contribution in [3.8, 4) is 0 Å². The number of aromatic nitrogens is 2. The average molecular weight is 353 g/mol. The van der Waals surface area contributed by atoms with E-state index in [0.717, 1.165) is 42.7 Å². The van der Waals surface area contributed by atoms with Crippen molar-refractivity contribution in [1.82, 2.24) is 15.1 Å². The van der Waals surface area contributed by atoms with Crippen LogP contribution >= 0.6 is 0 Å². The third kappa shape index (κ3) is 3.72. The van der Waals surface area contributed by atoms with E-state index in [0.29, 0.717) is 6.54 Å². The minimum Gasteiger partial charge on any atom is -0.394 e. The molecule has 136 valence electrons. The molecule has 25 heavy (non-hydrogen) atoms. The van der Waals surface area contributed by atoms with Gasteiger partial charge in [0, 0.05) is 28.9 Å². The van der Waals surface area contributed by atoms with Gasteiger partial charge in [-0.25, -0.2) is 13.2 Å². The summed E-state index contributed by atoms with van der Waals surface area (Å²) in [5.74, 6) is -2.88. The van der Waals surface area contributed by atoms with Crippen molar-refractivity contribution < 1.29 is 18.3 Å². The third-order valence-corrected chi connectivity index (χ3v) is 4.71. The van der Waals surface area contributed by atoms with Crippen molar-refractivity contribution in [3.63, 3.8) is 0 Å². The molecule has 1 heterocycles. The number of hydrogen-bond acceptors (Lipinski definition) is 3. The molecule has 2 unspecified atom stereocenters. The summed E-state index contributed by atoms with van der Waals surface area (Å²) in [5.41, 5.74) is 1.92. The standard InChI is InChI=1S/C18H22F3N3O/c1-11(9-12-14(19)5-6-15(20)18(12)21)23-16-3-2-4-17-13(16)10-22-24(17)7-8-25/h5-6,10-11,16,23,25H,2-4,7-9H2,1H3. The molecule has 2 N–H and O–H groups in total. The fourth-order valence-corrected chi connectivity index (χ4v) is 3.54. The number of nitrogens with zero attached hydrogens (tertiary/aromatic N) is 2. The molecule has 0 amide bonds. The van der Waals surface area contributed by atoms with E-state index in [1.165, 1.54) is 0 Å². The molecule has 0 fully saturated rings. The Hall–Kier alpha value is -1.86. The van der Waals surface area contributed by atoms with E-state index in [2.05, 4.69) is 10.4 Å². The van der Waals surface area contributed by atoms with Crippen LogP contribution in [-0.4, -0.2) is 27.5 Å². The SMILES string of the molecule is CC(Cc1c(F)ccc(F)c1F)NC1CCCc2c1cnn2CCO. The topological polar surface area (TPSA) is 50.1 Å². The molecule has 1 aliphatic rings. The van der Waals surface area contributed by atoms with Crippen molar-refractivity contribution in [2.45, 2.75) is 51.2 Å². The highest BCUT2D eigenvalue weighted by molar-refractivity contribution is 5.26. The fraction of sp³-hybridized carbons (Fsp3) is 0.500. The zero-order valence-electron chi connectivity index (χ0n) is 14.1. The maximum atomic E-state index is 13.8. The van der Waals surface area contributed by atoms with Gasteiger partial charge in [0.25, 0.3) is 0 Å². The van der Waals surface area contributed by atoms with E-state index < -0.39 is 17.5 Å². The van der Waals surface area contributed by atoms with E-state index in [1.807, 2.05) is 6.92 Å². The zero-order valence-corrected chi connectivity index (χ0v) is 14.1. The second-order valence-electron chi connectivity index (χ2n) is 6.53. The van der Waals surface area contributed by atoms with Crippen LogP contribution in [0.1, 0.15) is 42.6 Å². The number of aliphatic hydroxyl groups is 1. The van der Waals surface area contributed by atoms with Crippen molar-refractivity contribution >= 4 is 0 Å². The summed E-state index contributed by atoms with van der Waals surface area (Å²) in [4.78, 5) is 0. The maximum Gasteiger partial charge on any atom is 0.164 e. The number of hydrogen-bond donors (Lipinski definition) is 2. The number of nitrogens with one attached hydrogen (secondary N) is 1. The number of rotatable bonds is 6. The Morgan fingerprint density at radius 3 is 2.84 bits per heavy atom. The van der Waals surface area contributed by atoms with Crippen LogP contribution in [0.2, 0.25) is 0 Å². The van der Waals surface area contributed by atoms with Gasteiger partial charge in [0.05, 0.1) is 19.3 Å². The van der Waals surface area contributed by atoms with Crippen LogP contribution in [0.5, 0.6) is 0 Å². The molecule has 0 aliphatic heterocycles. The summed E-state index contributed by atoms with van der Waals surface area (Å²) in [5, 5.41) is 16.8. The molecular weight excluding hydrogens is 331 g/mol. The number of benzene rings is 1. The van der Waals surface area contributed by atoms with Gasteiger partial charge in [0.15, 0.2) is 11.6 Å². The van der Waals surface area contributed by atoms with Gasteiger partial charge in [-0.2, -0.15) is 5.10 Å². The monoisotopic (exact) mass is 353 g/mol. The lowest BCUT2D eigenvalue weighted by Crippen LogP contribution is -2.34. The van der Waals surface area contributed by atoms with Gasteiger partial charge in [-0.1, -0.05) is 0 Å². The molecule has 7 heteroatoms. The Morgan fingerprint density at radius 1 is 1.32 bits per heavy atom. The van der Waals surface area contributed by atoms with Crippen LogP contribution in [0.3, 0.4) is 0 Å². The molecular formula is C18H22F3N3O. The lowest BCUT2D eigenvalue weighted by atomic mass is 9.92. The molecule has 2 atom stereocenters. The van der Waals surface area contributed by atoms with Crippen molar-refractivity contribution in [2.75, 3.05) is 6.61 Å². The molecule has 3 rings (SSSR count). The van der Waals surface area contributed by atoms with Crippen LogP contribution in [0.15, 0.2) is 18.3 Å². The van der Waals surface area contributed by atoms with Gasteiger partial charge in [-0.15, -0.1) is 0 Å².